The molecule has 246 valence electrons. The average molecular weight is 708 g/mol. The van der Waals surface area contributed by atoms with Gasteiger partial charge in [0.2, 0.25) is 0 Å². The van der Waals surface area contributed by atoms with Crippen LogP contribution < -0.4 is 4.46 Å². The van der Waals surface area contributed by atoms with Gasteiger partial charge in [-0.15, -0.1) is 0 Å². The molecule has 6 rings (SSSR count). The molecule has 6 nitrogen and oxygen atoms in total. The number of hydrogen-bond acceptors (Lipinski definition) is 6. The first-order valence-electron chi connectivity index (χ1n) is 16.2. The van der Waals surface area contributed by atoms with Gasteiger partial charge in [-0.2, -0.15) is 0 Å². The topological polar surface area (TPSA) is 63.2 Å². The fraction of sp³-hybridized carbons (Fsp3) is 0.244. The SMILES string of the molecule is Cc1ccc(C(=O)OC[C@H]2O[C@H]([Se]c3ccccc3)[C@@H](OCc3ccccc3)[C@@H](OCc3ccccc3)[C@@H]2OCc2ccccc2)cc1. The van der Waals surface area contributed by atoms with Crippen LogP contribution in [0.5, 0.6) is 0 Å². The second-order valence-electron chi connectivity index (χ2n) is 11.7. The number of esters is 1. The van der Waals surface area contributed by atoms with Crippen LogP contribution >= 0.6 is 0 Å². The Morgan fingerprint density at radius 1 is 0.583 bits per heavy atom. The number of rotatable bonds is 14. The van der Waals surface area contributed by atoms with Gasteiger partial charge in [-0.1, -0.05) is 0 Å². The summed E-state index contributed by atoms with van der Waals surface area (Å²) in [6.45, 7) is 3.08. The number of ether oxygens (including phenoxy) is 5. The zero-order valence-corrected chi connectivity index (χ0v) is 28.6. The summed E-state index contributed by atoms with van der Waals surface area (Å²) in [6, 6.07) is 47.9. The van der Waals surface area contributed by atoms with E-state index in [4.69, 9.17) is 23.7 Å². The van der Waals surface area contributed by atoms with Crippen molar-refractivity contribution in [2.45, 2.75) is 56.2 Å². The zero-order chi connectivity index (χ0) is 33.0. The summed E-state index contributed by atoms with van der Waals surface area (Å²) < 4.78 is 34.3. The Morgan fingerprint density at radius 3 is 1.56 bits per heavy atom. The van der Waals surface area contributed by atoms with Crippen LogP contribution in [0.15, 0.2) is 146 Å². The van der Waals surface area contributed by atoms with Gasteiger partial charge >= 0.3 is 290 Å². The van der Waals surface area contributed by atoms with E-state index in [1.807, 2.05) is 116 Å². The standard InChI is InChI=1S/C41H40O6Se/c1-30-22-24-34(25-23-30)40(42)46-29-36-37(43-26-31-14-6-2-7-15-31)38(44-27-32-16-8-3-9-17-32)39(45-28-33-18-10-4-11-19-33)41(47-36)48-35-20-12-5-13-21-35/h2-25,36-39,41H,26-29H2,1H3/t36-,37-,38+,39+,41-/m1/s1. The second kappa shape index (κ2) is 17.4. The maximum absolute atomic E-state index is 13.2. The first kappa shape index (κ1) is 33.8. The molecule has 48 heavy (non-hydrogen) atoms. The molecule has 7 heteroatoms. The monoisotopic (exact) mass is 708 g/mol. The third-order valence-electron chi connectivity index (χ3n) is 8.11. The van der Waals surface area contributed by atoms with Crippen molar-refractivity contribution in [2.75, 3.05) is 6.61 Å². The quantitative estimate of drug-likeness (QED) is 0.0951. The van der Waals surface area contributed by atoms with Gasteiger partial charge < -0.3 is 0 Å². The number of benzene rings is 5. The molecule has 1 aliphatic heterocycles. The van der Waals surface area contributed by atoms with E-state index in [1.165, 1.54) is 4.46 Å². The molecule has 0 saturated carbocycles. The van der Waals surface area contributed by atoms with E-state index in [0.717, 1.165) is 22.3 Å². The summed E-state index contributed by atoms with van der Waals surface area (Å²) in [5.74, 6) is -0.408. The van der Waals surface area contributed by atoms with E-state index in [-0.39, 0.29) is 26.6 Å². The van der Waals surface area contributed by atoms with Crippen LogP contribution in [0.25, 0.3) is 0 Å². The molecular formula is C41H40O6Se. The van der Waals surface area contributed by atoms with Crippen molar-refractivity contribution in [3.8, 4) is 0 Å². The first-order chi connectivity index (χ1) is 23.6. The van der Waals surface area contributed by atoms with E-state index in [0.29, 0.717) is 25.4 Å². The van der Waals surface area contributed by atoms with Gasteiger partial charge in [0.15, 0.2) is 0 Å². The Kier molecular flexibility index (Phi) is 12.2. The summed E-state index contributed by atoms with van der Waals surface area (Å²) in [7, 11) is 0. The third-order valence-corrected chi connectivity index (χ3v) is 10.5. The molecule has 0 amide bonds. The van der Waals surface area contributed by atoms with E-state index in [1.54, 1.807) is 12.1 Å². The zero-order valence-electron chi connectivity index (χ0n) is 26.9. The summed E-state index contributed by atoms with van der Waals surface area (Å²) in [4.78, 5) is 13.2. The Balaban J connectivity index is 1.32. The van der Waals surface area contributed by atoms with E-state index < -0.39 is 30.4 Å². The van der Waals surface area contributed by atoms with Crippen molar-refractivity contribution in [3.63, 3.8) is 0 Å². The minimum absolute atomic E-state index is 0.00411. The molecule has 0 aliphatic carbocycles. The summed E-state index contributed by atoms with van der Waals surface area (Å²) in [6.07, 6.45) is -2.18. The van der Waals surface area contributed by atoms with Crippen LogP contribution in [-0.4, -0.2) is 57.0 Å². The summed E-state index contributed by atoms with van der Waals surface area (Å²) in [5.41, 5.74) is 4.68. The van der Waals surface area contributed by atoms with Crippen molar-refractivity contribution in [3.05, 3.63) is 173 Å². The van der Waals surface area contributed by atoms with E-state index in [2.05, 4.69) is 24.3 Å². The predicted molar refractivity (Wildman–Crippen MR) is 187 cm³/mol. The fourth-order valence-electron chi connectivity index (χ4n) is 5.54. The van der Waals surface area contributed by atoms with E-state index in [9.17, 15) is 4.79 Å². The number of carbonyl (C=O) groups is 1. The normalized spacial score (nSPS) is 20.6. The molecule has 5 atom stereocenters. The van der Waals surface area contributed by atoms with Crippen LogP contribution in [0.1, 0.15) is 32.6 Å². The van der Waals surface area contributed by atoms with Crippen molar-refractivity contribution in [2.24, 2.45) is 0 Å². The molecule has 5 aromatic carbocycles. The van der Waals surface area contributed by atoms with Gasteiger partial charge in [0.05, 0.1) is 0 Å². The number of aryl methyl sites for hydroxylation is 1. The molecule has 5 aromatic rings. The Morgan fingerprint density at radius 2 is 1.04 bits per heavy atom. The second-order valence-corrected chi connectivity index (χ2v) is 14.2. The molecule has 0 spiro atoms. The van der Waals surface area contributed by atoms with Gasteiger partial charge in [-0.3, -0.25) is 0 Å². The molecule has 0 aromatic heterocycles. The molecule has 1 aliphatic rings. The molecule has 0 bridgehead atoms. The van der Waals surface area contributed by atoms with Gasteiger partial charge in [0, 0.05) is 0 Å². The van der Waals surface area contributed by atoms with Gasteiger partial charge in [-0.25, -0.2) is 0 Å². The van der Waals surface area contributed by atoms with Crippen LogP contribution in [0.2, 0.25) is 0 Å². The van der Waals surface area contributed by atoms with Crippen molar-refractivity contribution < 1.29 is 28.5 Å². The predicted octanol–water partition coefficient (Wildman–Crippen LogP) is 6.66. The number of carbonyl (C=O) groups excluding carboxylic acids is 1. The third kappa shape index (κ3) is 9.51. The minimum atomic E-state index is -0.601. The molecule has 0 radical (unpaired) electrons. The van der Waals surface area contributed by atoms with Crippen LogP contribution in [0.3, 0.4) is 0 Å². The first-order valence-corrected chi connectivity index (χ1v) is 18.0. The van der Waals surface area contributed by atoms with Gasteiger partial charge in [-0.05, 0) is 0 Å². The average Bonchev–Trinajstić information content (AvgIpc) is 3.14. The Bertz CT molecular complexity index is 1670. The summed E-state index contributed by atoms with van der Waals surface area (Å²) >= 11 is -0.152. The van der Waals surface area contributed by atoms with Crippen molar-refractivity contribution in [1.82, 2.24) is 0 Å². The number of hydrogen-bond donors (Lipinski definition) is 0. The molecule has 1 heterocycles. The van der Waals surface area contributed by atoms with Gasteiger partial charge in [0.1, 0.15) is 0 Å². The fourth-order valence-corrected chi connectivity index (χ4v) is 7.95. The van der Waals surface area contributed by atoms with Gasteiger partial charge in [0.25, 0.3) is 0 Å². The summed E-state index contributed by atoms with van der Waals surface area (Å²) in [5, 5.41) is -0.343. The van der Waals surface area contributed by atoms with Crippen LogP contribution in [-0.2, 0) is 43.5 Å². The molecule has 0 N–H and O–H groups in total. The molecule has 1 fully saturated rings. The molecule has 1 saturated heterocycles. The Hall–Kier alpha value is -4.07. The van der Waals surface area contributed by atoms with E-state index >= 15 is 0 Å². The Labute approximate surface area is 289 Å². The van der Waals surface area contributed by atoms with Crippen LogP contribution in [0, 0.1) is 6.92 Å². The molecule has 0 unspecified atom stereocenters. The maximum atomic E-state index is 13.2. The van der Waals surface area contributed by atoms with Crippen LogP contribution in [0.4, 0.5) is 0 Å². The molecular weight excluding hydrogens is 667 g/mol. The van der Waals surface area contributed by atoms with Crippen molar-refractivity contribution >= 4 is 25.4 Å². The van der Waals surface area contributed by atoms with Crippen molar-refractivity contribution in [1.29, 1.82) is 0 Å².